The van der Waals surface area contributed by atoms with Crippen LogP contribution in [-0.2, 0) is 23.7 Å². The molecule has 0 spiro atoms. The maximum absolute atomic E-state index is 12.2. The van der Waals surface area contributed by atoms with Crippen LogP contribution in [0.25, 0.3) is 6.08 Å². The van der Waals surface area contributed by atoms with Crippen molar-refractivity contribution in [3.63, 3.8) is 0 Å². The number of benzene rings is 1. The lowest BCUT2D eigenvalue weighted by Crippen LogP contribution is -2.54. The first-order valence-corrected chi connectivity index (χ1v) is 14.2. The molecule has 4 aliphatic rings. The summed E-state index contributed by atoms with van der Waals surface area (Å²) >= 11 is 0. The Bertz CT molecular complexity index is 1130. The fourth-order valence-corrected chi connectivity index (χ4v) is 7.94. The Morgan fingerprint density at radius 3 is 2.44 bits per heavy atom. The quantitative estimate of drug-likeness (QED) is 0.363. The summed E-state index contributed by atoms with van der Waals surface area (Å²) in [6.45, 7) is 9.13. The molecule has 2 saturated carbocycles. The van der Waals surface area contributed by atoms with Gasteiger partial charge in [-0.1, -0.05) is 49.4 Å². The molecule has 0 heterocycles. The highest BCUT2D eigenvalue weighted by Gasteiger charge is 2.63. The van der Waals surface area contributed by atoms with E-state index in [0.717, 1.165) is 37.7 Å². The van der Waals surface area contributed by atoms with Crippen molar-refractivity contribution in [2.24, 2.45) is 17.3 Å². The minimum atomic E-state index is -0.623. The number of methoxy groups -OCH3 is 3. The molecule has 0 aromatic heterocycles. The Morgan fingerprint density at radius 1 is 1.10 bits per heavy atom. The van der Waals surface area contributed by atoms with Crippen LogP contribution in [0.1, 0.15) is 75.8 Å². The molecule has 39 heavy (non-hydrogen) atoms. The second kappa shape index (κ2) is 12.2. The molecule has 0 unspecified atom stereocenters. The first-order valence-electron chi connectivity index (χ1n) is 14.2. The van der Waals surface area contributed by atoms with Gasteiger partial charge in [0.05, 0.1) is 25.9 Å². The molecule has 0 saturated heterocycles. The molecule has 6 heteroatoms. The molecule has 0 N–H and O–H groups in total. The molecule has 4 aliphatic carbocycles. The third kappa shape index (κ3) is 5.38. The van der Waals surface area contributed by atoms with E-state index in [1.54, 1.807) is 19.6 Å². The van der Waals surface area contributed by atoms with Crippen molar-refractivity contribution in [2.75, 3.05) is 34.5 Å². The van der Waals surface area contributed by atoms with Gasteiger partial charge in [-0.05, 0) is 85.6 Å². The van der Waals surface area contributed by atoms with Crippen molar-refractivity contribution in [3.8, 4) is 0 Å². The van der Waals surface area contributed by atoms with Crippen LogP contribution in [0.4, 0.5) is 4.79 Å². The number of fused-ring (bicyclic) bond motifs is 4. The van der Waals surface area contributed by atoms with Crippen LogP contribution >= 0.6 is 0 Å². The molecule has 0 radical (unpaired) electrons. The predicted octanol–water partition coefficient (Wildman–Crippen LogP) is 7.05. The van der Waals surface area contributed by atoms with Crippen LogP contribution in [0.5, 0.6) is 0 Å². The van der Waals surface area contributed by atoms with Gasteiger partial charge in [0.2, 0.25) is 0 Å². The number of carbonyl (C=O) groups is 2. The van der Waals surface area contributed by atoms with Gasteiger partial charge >= 0.3 is 6.16 Å². The van der Waals surface area contributed by atoms with Crippen molar-refractivity contribution < 1.29 is 28.5 Å². The van der Waals surface area contributed by atoms with Crippen molar-refractivity contribution in [1.82, 2.24) is 0 Å². The molecule has 5 rings (SSSR count). The van der Waals surface area contributed by atoms with Gasteiger partial charge in [-0.15, -0.1) is 0 Å². The summed E-state index contributed by atoms with van der Waals surface area (Å²) in [5.74, 6) is 1.82. The average Bonchev–Trinajstić information content (AvgIpc) is 3.24. The number of rotatable bonds is 6. The third-order valence-corrected chi connectivity index (χ3v) is 9.80. The number of hydrogen-bond donors (Lipinski definition) is 0. The van der Waals surface area contributed by atoms with Crippen molar-refractivity contribution in [3.05, 3.63) is 64.8 Å². The van der Waals surface area contributed by atoms with E-state index in [1.165, 1.54) is 30.2 Å². The lowest BCUT2D eigenvalue weighted by atomic mass is 9.51. The highest BCUT2D eigenvalue weighted by molar-refractivity contribution is 5.93. The van der Waals surface area contributed by atoms with Gasteiger partial charge in [0.15, 0.2) is 5.78 Å². The SMILES string of the molecule is C=Cc1ccc([C@H]2C[C@@]3(C)[C@@H](CC[C@]3(COC)OC)[C@@H]3CCC4=CC(=O)CCC4=C32)cc1.CCOC(=O)OC. The number of allylic oxidation sites excluding steroid dienone is 4. The van der Waals surface area contributed by atoms with Crippen LogP contribution < -0.4 is 0 Å². The van der Waals surface area contributed by atoms with E-state index in [0.29, 0.717) is 43.2 Å². The maximum Gasteiger partial charge on any atom is 0.507 e. The molecule has 0 amide bonds. The normalized spacial score (nSPS) is 31.2. The van der Waals surface area contributed by atoms with Gasteiger partial charge < -0.3 is 18.9 Å². The first-order chi connectivity index (χ1) is 18.8. The smallest absolute Gasteiger partial charge is 0.438 e. The summed E-state index contributed by atoms with van der Waals surface area (Å²) < 4.78 is 20.5. The number of ketones is 1. The topological polar surface area (TPSA) is 71.1 Å². The molecular formula is C33H44O6. The van der Waals surface area contributed by atoms with Crippen LogP contribution in [0.15, 0.2) is 53.6 Å². The zero-order valence-electron chi connectivity index (χ0n) is 24.2. The van der Waals surface area contributed by atoms with Gasteiger partial charge in [-0.3, -0.25) is 4.79 Å². The van der Waals surface area contributed by atoms with E-state index in [4.69, 9.17) is 9.47 Å². The second-order valence-electron chi connectivity index (χ2n) is 11.4. The van der Waals surface area contributed by atoms with Crippen LogP contribution in [0, 0.1) is 17.3 Å². The average molecular weight is 537 g/mol. The van der Waals surface area contributed by atoms with E-state index >= 15 is 0 Å². The molecule has 1 aromatic carbocycles. The Balaban J connectivity index is 0.000000448. The molecule has 212 valence electrons. The third-order valence-electron chi connectivity index (χ3n) is 9.80. The van der Waals surface area contributed by atoms with Crippen LogP contribution in [0.2, 0.25) is 0 Å². The van der Waals surface area contributed by atoms with Gasteiger partial charge in [0.25, 0.3) is 0 Å². The van der Waals surface area contributed by atoms with Crippen LogP contribution in [0.3, 0.4) is 0 Å². The predicted molar refractivity (Wildman–Crippen MR) is 152 cm³/mol. The zero-order chi connectivity index (χ0) is 28.2. The molecule has 6 nitrogen and oxygen atoms in total. The number of carbonyl (C=O) groups excluding carboxylic acids is 2. The molecule has 0 bridgehead atoms. The van der Waals surface area contributed by atoms with Gasteiger partial charge in [-0.25, -0.2) is 4.79 Å². The van der Waals surface area contributed by atoms with Gasteiger partial charge in [0, 0.05) is 32.0 Å². The summed E-state index contributed by atoms with van der Waals surface area (Å²) in [6, 6.07) is 8.96. The lowest BCUT2D eigenvalue weighted by Gasteiger charge is -2.55. The van der Waals surface area contributed by atoms with E-state index < -0.39 is 6.16 Å². The lowest BCUT2D eigenvalue weighted by molar-refractivity contribution is -0.149. The molecule has 2 fully saturated rings. The van der Waals surface area contributed by atoms with E-state index in [9.17, 15) is 9.59 Å². The summed E-state index contributed by atoms with van der Waals surface area (Å²) in [7, 11) is 4.96. The minimum absolute atomic E-state index is 0.0555. The number of hydrogen-bond acceptors (Lipinski definition) is 6. The highest BCUT2D eigenvalue weighted by Crippen LogP contribution is 2.67. The fourth-order valence-electron chi connectivity index (χ4n) is 7.94. The van der Waals surface area contributed by atoms with Crippen LogP contribution in [-0.4, -0.2) is 52.1 Å². The molecule has 1 aromatic rings. The van der Waals surface area contributed by atoms with Crippen molar-refractivity contribution >= 4 is 18.0 Å². The summed E-state index contributed by atoms with van der Waals surface area (Å²) in [6.07, 6.45) is 10.3. The van der Waals surface area contributed by atoms with Gasteiger partial charge in [-0.2, -0.15) is 0 Å². The Morgan fingerprint density at radius 2 is 1.85 bits per heavy atom. The van der Waals surface area contributed by atoms with Crippen molar-refractivity contribution in [2.45, 2.75) is 70.3 Å². The Labute approximate surface area is 233 Å². The molecular weight excluding hydrogens is 492 g/mol. The molecule has 0 aliphatic heterocycles. The van der Waals surface area contributed by atoms with E-state index in [1.807, 2.05) is 19.3 Å². The van der Waals surface area contributed by atoms with E-state index in [-0.39, 0.29) is 11.0 Å². The first kappa shape index (κ1) is 29.3. The summed E-state index contributed by atoms with van der Waals surface area (Å²) in [4.78, 5) is 22.2. The maximum atomic E-state index is 12.2. The Kier molecular flexibility index (Phi) is 9.18. The standard InChI is InChI=1S/C29H36O3.C4H8O3/c1-5-19-6-8-20(9-7-19)25-17-28(2)26(14-15-29(28,32-4)18-31-3)24-12-10-21-16-22(30)11-13-23(21)27(24)25;1-3-7-4(5)6-2/h5-9,16,24-26H,1,10-15,17-18H2,2-4H3;3H2,1-2H3/t24-,25+,26-,28-,29+;/m0./s1. The number of ether oxygens (including phenoxy) is 4. The minimum Gasteiger partial charge on any atom is -0.438 e. The highest BCUT2D eigenvalue weighted by atomic mass is 16.7. The second-order valence-corrected chi connectivity index (χ2v) is 11.4. The Hall–Kier alpha value is -2.70. The largest absolute Gasteiger partial charge is 0.507 e. The summed E-state index contributed by atoms with van der Waals surface area (Å²) in [5.41, 5.74) is 6.81. The van der Waals surface area contributed by atoms with Gasteiger partial charge in [0.1, 0.15) is 0 Å². The fraction of sp³-hybridized carbons (Fsp3) is 0.576. The summed E-state index contributed by atoms with van der Waals surface area (Å²) in [5, 5.41) is 0. The zero-order valence-corrected chi connectivity index (χ0v) is 24.2. The monoisotopic (exact) mass is 536 g/mol. The van der Waals surface area contributed by atoms with Crippen molar-refractivity contribution in [1.29, 1.82) is 0 Å². The van der Waals surface area contributed by atoms with E-state index in [2.05, 4.69) is 47.2 Å². The molecule has 5 atom stereocenters.